The number of ether oxygens (including phenoxy) is 1. The van der Waals surface area contributed by atoms with Gasteiger partial charge in [0.25, 0.3) is 0 Å². The lowest BCUT2D eigenvalue weighted by molar-refractivity contribution is 0.157. The number of nitrogens with two attached hydrogens (primary N) is 1. The average molecular weight is 200 g/mol. The molecule has 1 fully saturated rings. The predicted octanol–water partition coefficient (Wildman–Crippen LogP) is 1.83. The van der Waals surface area contributed by atoms with Crippen LogP contribution in [-0.4, -0.2) is 19.8 Å². The summed E-state index contributed by atoms with van der Waals surface area (Å²) in [6, 6.07) is 0.335. The van der Waals surface area contributed by atoms with Crippen molar-refractivity contribution in [2.24, 2.45) is 11.8 Å². The second-order valence-electron chi connectivity index (χ2n) is 4.40. The van der Waals surface area contributed by atoms with Crippen LogP contribution in [0.2, 0.25) is 0 Å². The first-order valence-electron chi connectivity index (χ1n) is 5.82. The van der Waals surface area contributed by atoms with E-state index in [1.165, 1.54) is 38.5 Å². The van der Waals surface area contributed by atoms with Crippen molar-refractivity contribution >= 4 is 0 Å². The van der Waals surface area contributed by atoms with Crippen molar-refractivity contribution in [3.63, 3.8) is 0 Å². The number of hydrogen-bond acceptors (Lipinski definition) is 3. The lowest BCUT2D eigenvalue weighted by atomic mass is 9.85. The van der Waals surface area contributed by atoms with Crippen molar-refractivity contribution in [3.05, 3.63) is 0 Å². The Morgan fingerprint density at radius 2 is 2.07 bits per heavy atom. The quantitative estimate of drug-likeness (QED) is 0.508. The Hall–Kier alpha value is -0.120. The van der Waals surface area contributed by atoms with Gasteiger partial charge in [-0.1, -0.05) is 32.1 Å². The third-order valence-corrected chi connectivity index (χ3v) is 3.25. The molecule has 0 aliphatic heterocycles. The Balaban J connectivity index is 2.10. The van der Waals surface area contributed by atoms with Crippen LogP contribution >= 0.6 is 0 Å². The van der Waals surface area contributed by atoms with Gasteiger partial charge in [0.05, 0.1) is 6.61 Å². The van der Waals surface area contributed by atoms with Gasteiger partial charge < -0.3 is 4.74 Å². The molecule has 84 valence electrons. The highest BCUT2D eigenvalue weighted by Crippen LogP contribution is 2.27. The molecule has 1 aliphatic rings. The summed E-state index contributed by atoms with van der Waals surface area (Å²) in [6.45, 7) is 0.725. The molecular weight excluding hydrogens is 176 g/mol. The van der Waals surface area contributed by atoms with Gasteiger partial charge in [-0.05, 0) is 18.8 Å². The zero-order chi connectivity index (χ0) is 10.2. The predicted molar refractivity (Wildman–Crippen MR) is 58.8 cm³/mol. The van der Waals surface area contributed by atoms with E-state index in [2.05, 4.69) is 5.43 Å². The minimum atomic E-state index is 0.335. The fourth-order valence-corrected chi connectivity index (χ4v) is 2.33. The van der Waals surface area contributed by atoms with E-state index in [1.54, 1.807) is 7.11 Å². The Bertz CT molecular complexity index is 130. The molecule has 1 saturated carbocycles. The Morgan fingerprint density at radius 1 is 1.36 bits per heavy atom. The molecule has 1 aliphatic carbocycles. The van der Waals surface area contributed by atoms with Crippen molar-refractivity contribution < 1.29 is 4.74 Å². The molecule has 0 bridgehead atoms. The summed E-state index contributed by atoms with van der Waals surface area (Å²) >= 11 is 0. The number of rotatable bonds is 6. The maximum absolute atomic E-state index is 5.44. The zero-order valence-electron chi connectivity index (χ0n) is 9.30. The van der Waals surface area contributed by atoms with E-state index in [9.17, 15) is 0 Å². The third-order valence-electron chi connectivity index (χ3n) is 3.25. The minimum absolute atomic E-state index is 0.335. The molecule has 0 heterocycles. The van der Waals surface area contributed by atoms with Gasteiger partial charge >= 0.3 is 0 Å². The van der Waals surface area contributed by atoms with Gasteiger partial charge in [0, 0.05) is 13.2 Å². The highest BCUT2D eigenvalue weighted by atomic mass is 16.5. The third kappa shape index (κ3) is 4.40. The molecule has 0 amide bonds. The van der Waals surface area contributed by atoms with Gasteiger partial charge in [-0.15, -0.1) is 0 Å². The van der Waals surface area contributed by atoms with Crippen molar-refractivity contribution in [1.29, 1.82) is 0 Å². The van der Waals surface area contributed by atoms with Crippen LogP contribution in [0.3, 0.4) is 0 Å². The lowest BCUT2D eigenvalue weighted by Crippen LogP contribution is -2.38. The topological polar surface area (TPSA) is 47.3 Å². The maximum atomic E-state index is 5.44. The molecule has 0 radical (unpaired) electrons. The first-order chi connectivity index (χ1) is 6.86. The van der Waals surface area contributed by atoms with E-state index < -0.39 is 0 Å². The average Bonchev–Trinajstić information content (AvgIpc) is 2.25. The first kappa shape index (κ1) is 12.0. The van der Waals surface area contributed by atoms with Crippen LogP contribution in [-0.2, 0) is 4.74 Å². The Kier molecular flexibility index (Phi) is 6.15. The largest absolute Gasteiger partial charge is 0.383 e. The fraction of sp³-hybridized carbons (Fsp3) is 1.00. The van der Waals surface area contributed by atoms with E-state index >= 15 is 0 Å². The van der Waals surface area contributed by atoms with E-state index in [-0.39, 0.29) is 0 Å². The molecule has 0 aromatic heterocycles. The summed E-state index contributed by atoms with van der Waals surface area (Å²) in [4.78, 5) is 0. The summed E-state index contributed by atoms with van der Waals surface area (Å²) in [7, 11) is 1.73. The Morgan fingerprint density at radius 3 is 2.64 bits per heavy atom. The van der Waals surface area contributed by atoms with Crippen LogP contribution in [0.1, 0.15) is 44.9 Å². The lowest BCUT2D eigenvalue weighted by Gasteiger charge is -2.23. The van der Waals surface area contributed by atoms with Gasteiger partial charge in [0.1, 0.15) is 0 Å². The summed E-state index contributed by atoms with van der Waals surface area (Å²) in [5, 5.41) is 0. The summed E-state index contributed by atoms with van der Waals surface area (Å²) < 4.78 is 5.09. The van der Waals surface area contributed by atoms with E-state index in [1.807, 2.05) is 0 Å². The molecule has 0 saturated heterocycles. The van der Waals surface area contributed by atoms with Crippen LogP contribution in [0.25, 0.3) is 0 Å². The van der Waals surface area contributed by atoms with Crippen LogP contribution in [0.15, 0.2) is 0 Å². The monoisotopic (exact) mass is 200 g/mol. The van der Waals surface area contributed by atoms with Crippen LogP contribution in [0.4, 0.5) is 0 Å². The molecule has 3 heteroatoms. The second kappa shape index (κ2) is 7.21. The van der Waals surface area contributed by atoms with Crippen molar-refractivity contribution in [1.82, 2.24) is 5.43 Å². The van der Waals surface area contributed by atoms with Crippen LogP contribution in [0, 0.1) is 5.92 Å². The van der Waals surface area contributed by atoms with Gasteiger partial charge in [-0.3, -0.25) is 11.3 Å². The summed E-state index contributed by atoms with van der Waals surface area (Å²) in [5.41, 5.74) is 2.82. The number of nitrogens with one attached hydrogen (secondary N) is 1. The van der Waals surface area contributed by atoms with E-state index in [0.717, 1.165) is 18.9 Å². The normalized spacial score (nSPS) is 21.0. The molecule has 14 heavy (non-hydrogen) atoms. The fourth-order valence-electron chi connectivity index (χ4n) is 2.33. The smallest absolute Gasteiger partial charge is 0.0629 e. The van der Waals surface area contributed by atoms with Crippen LogP contribution < -0.4 is 11.3 Å². The van der Waals surface area contributed by atoms with Crippen molar-refractivity contribution in [3.8, 4) is 0 Å². The van der Waals surface area contributed by atoms with E-state index in [0.29, 0.717) is 6.04 Å². The molecule has 1 rings (SSSR count). The van der Waals surface area contributed by atoms with Gasteiger partial charge in [-0.25, -0.2) is 0 Å². The molecule has 0 aromatic carbocycles. The zero-order valence-corrected chi connectivity index (χ0v) is 9.30. The summed E-state index contributed by atoms with van der Waals surface area (Å²) in [6.07, 6.45) is 9.58. The SMILES string of the molecule is COCC(CCC1CCCCC1)NN. The van der Waals surface area contributed by atoms with Gasteiger partial charge in [-0.2, -0.15) is 0 Å². The number of hydrazine groups is 1. The minimum Gasteiger partial charge on any atom is -0.383 e. The van der Waals surface area contributed by atoms with Crippen molar-refractivity contribution in [2.45, 2.75) is 51.0 Å². The molecular formula is C11H24N2O. The molecule has 0 aromatic rings. The molecule has 1 unspecified atom stereocenters. The number of hydrogen-bond donors (Lipinski definition) is 2. The standard InChI is InChI=1S/C11H24N2O/c1-14-9-11(13-12)8-7-10-5-3-2-4-6-10/h10-11,13H,2-9,12H2,1H3. The number of methoxy groups -OCH3 is 1. The molecule has 3 N–H and O–H groups in total. The van der Waals surface area contributed by atoms with E-state index in [4.69, 9.17) is 10.6 Å². The second-order valence-corrected chi connectivity index (χ2v) is 4.40. The summed E-state index contributed by atoms with van der Waals surface area (Å²) in [5.74, 6) is 6.39. The first-order valence-corrected chi connectivity index (χ1v) is 5.82. The van der Waals surface area contributed by atoms with Crippen molar-refractivity contribution in [2.75, 3.05) is 13.7 Å². The van der Waals surface area contributed by atoms with Gasteiger partial charge in [0.2, 0.25) is 0 Å². The Labute approximate surface area is 87.4 Å². The molecule has 0 spiro atoms. The van der Waals surface area contributed by atoms with Crippen LogP contribution in [0.5, 0.6) is 0 Å². The molecule has 3 nitrogen and oxygen atoms in total. The molecule has 1 atom stereocenters. The highest BCUT2D eigenvalue weighted by Gasteiger charge is 2.15. The van der Waals surface area contributed by atoms with Gasteiger partial charge in [0.15, 0.2) is 0 Å². The maximum Gasteiger partial charge on any atom is 0.0629 e. The highest BCUT2D eigenvalue weighted by molar-refractivity contribution is 4.70.